The number of imidazole rings is 1. The fraction of sp³-hybridized carbons (Fsp3) is 0.292. The Bertz CT molecular complexity index is 1130. The van der Waals surface area contributed by atoms with E-state index in [0.29, 0.717) is 11.7 Å². The van der Waals surface area contributed by atoms with Gasteiger partial charge in [0.25, 0.3) is 0 Å². The quantitative estimate of drug-likeness (QED) is 0.388. The highest BCUT2D eigenvalue weighted by atomic mass is 32.2. The maximum absolute atomic E-state index is 12.8. The van der Waals surface area contributed by atoms with E-state index in [1.54, 1.807) is 17.5 Å². The predicted octanol–water partition coefficient (Wildman–Crippen LogP) is 5.04. The molecule has 5 nitrogen and oxygen atoms in total. The number of amides is 1. The van der Waals surface area contributed by atoms with Crippen molar-refractivity contribution >= 4 is 39.2 Å². The van der Waals surface area contributed by atoms with E-state index in [1.807, 2.05) is 35.4 Å². The first-order valence-electron chi connectivity index (χ1n) is 10.6. The summed E-state index contributed by atoms with van der Waals surface area (Å²) in [5.74, 6) is 1.08. The molecule has 0 radical (unpaired) electrons. The van der Waals surface area contributed by atoms with Gasteiger partial charge in [-0.25, -0.2) is 9.97 Å². The van der Waals surface area contributed by atoms with E-state index in [2.05, 4.69) is 39.9 Å². The van der Waals surface area contributed by atoms with Crippen LogP contribution in [-0.4, -0.2) is 44.2 Å². The Hall–Kier alpha value is -2.64. The number of carbonyl (C=O) groups excluding carboxylic acids is 1. The Morgan fingerprint density at radius 3 is 2.65 bits per heavy atom. The molecule has 0 aliphatic carbocycles. The van der Waals surface area contributed by atoms with Gasteiger partial charge >= 0.3 is 0 Å². The standard InChI is InChI=1S/C24H24N4OS2/c29-22(17-30-24-25-12-15-28(24)16-18-6-2-1-3-7-18)27-13-10-19(11-14-27)23-26-20-8-4-5-9-21(20)31-23/h1-9,12,15,19H,10-11,13-14,16-17H2. The number of rotatable bonds is 6. The van der Waals surface area contributed by atoms with Gasteiger partial charge in [0, 0.05) is 37.9 Å². The summed E-state index contributed by atoms with van der Waals surface area (Å²) in [5, 5.41) is 2.10. The van der Waals surface area contributed by atoms with Crippen LogP contribution < -0.4 is 0 Å². The second kappa shape index (κ2) is 9.24. The lowest BCUT2D eigenvalue weighted by Crippen LogP contribution is -2.39. The van der Waals surface area contributed by atoms with Crippen LogP contribution in [0.25, 0.3) is 10.2 Å². The number of thioether (sulfide) groups is 1. The fourth-order valence-corrected chi connectivity index (χ4v) is 5.99. The third-order valence-electron chi connectivity index (χ3n) is 5.71. The summed E-state index contributed by atoms with van der Waals surface area (Å²) >= 11 is 3.32. The predicted molar refractivity (Wildman–Crippen MR) is 127 cm³/mol. The first kappa shape index (κ1) is 20.3. The molecule has 5 rings (SSSR count). The Labute approximate surface area is 190 Å². The summed E-state index contributed by atoms with van der Waals surface area (Å²) in [6.45, 7) is 2.38. The summed E-state index contributed by atoms with van der Waals surface area (Å²) in [7, 11) is 0. The zero-order valence-electron chi connectivity index (χ0n) is 17.2. The van der Waals surface area contributed by atoms with Crippen LogP contribution in [0.5, 0.6) is 0 Å². The number of para-hydroxylation sites is 1. The Morgan fingerprint density at radius 2 is 1.84 bits per heavy atom. The molecule has 1 amide bonds. The number of piperidine rings is 1. The largest absolute Gasteiger partial charge is 0.342 e. The van der Waals surface area contributed by atoms with E-state index < -0.39 is 0 Å². The van der Waals surface area contributed by atoms with Crippen LogP contribution in [0.4, 0.5) is 0 Å². The molecule has 1 aliphatic heterocycles. The molecule has 7 heteroatoms. The van der Waals surface area contributed by atoms with Crippen LogP contribution in [0.2, 0.25) is 0 Å². The van der Waals surface area contributed by atoms with Gasteiger partial charge in [0.2, 0.25) is 5.91 Å². The molecule has 0 saturated carbocycles. The topological polar surface area (TPSA) is 51.0 Å². The number of benzene rings is 2. The molecular formula is C24H24N4OS2. The molecule has 2 aromatic heterocycles. The molecule has 0 unspecified atom stereocenters. The van der Waals surface area contributed by atoms with Gasteiger partial charge in [-0.3, -0.25) is 4.79 Å². The second-order valence-electron chi connectivity index (χ2n) is 7.79. The van der Waals surface area contributed by atoms with Gasteiger partial charge in [-0.15, -0.1) is 11.3 Å². The zero-order chi connectivity index (χ0) is 21.0. The average molecular weight is 449 g/mol. The Kier molecular flexibility index (Phi) is 6.04. The molecule has 1 aliphatic rings. The monoisotopic (exact) mass is 448 g/mol. The van der Waals surface area contributed by atoms with Crippen LogP contribution in [0.3, 0.4) is 0 Å². The number of hydrogen-bond donors (Lipinski definition) is 0. The lowest BCUT2D eigenvalue weighted by molar-refractivity contribution is -0.129. The van der Waals surface area contributed by atoms with Gasteiger partial charge in [0.1, 0.15) is 0 Å². The molecule has 2 aromatic carbocycles. The number of carbonyl (C=O) groups is 1. The normalized spacial score (nSPS) is 14.9. The molecule has 0 N–H and O–H groups in total. The van der Waals surface area contributed by atoms with Gasteiger partial charge in [0.15, 0.2) is 5.16 Å². The first-order chi connectivity index (χ1) is 15.3. The van der Waals surface area contributed by atoms with Crippen molar-refractivity contribution in [3.63, 3.8) is 0 Å². The molecule has 4 aromatic rings. The molecule has 3 heterocycles. The molecule has 1 fully saturated rings. The summed E-state index contributed by atoms with van der Waals surface area (Å²) in [6.07, 6.45) is 5.75. The second-order valence-corrected chi connectivity index (χ2v) is 9.79. The van der Waals surface area contributed by atoms with Gasteiger partial charge in [0.05, 0.1) is 21.0 Å². The highest BCUT2D eigenvalue weighted by molar-refractivity contribution is 7.99. The number of nitrogens with zero attached hydrogens (tertiary/aromatic N) is 4. The van der Waals surface area contributed by atoms with Gasteiger partial charge in [-0.05, 0) is 30.5 Å². The number of thiazole rings is 1. The highest BCUT2D eigenvalue weighted by Crippen LogP contribution is 2.34. The van der Waals surface area contributed by atoms with Crippen molar-refractivity contribution in [3.05, 3.63) is 77.6 Å². The third-order valence-corrected chi connectivity index (χ3v) is 7.89. The molecule has 0 atom stereocenters. The van der Waals surface area contributed by atoms with Crippen LogP contribution in [0.15, 0.2) is 72.1 Å². The van der Waals surface area contributed by atoms with Crippen LogP contribution in [0, 0.1) is 0 Å². The number of hydrogen-bond acceptors (Lipinski definition) is 5. The van der Waals surface area contributed by atoms with Crippen molar-refractivity contribution in [2.45, 2.75) is 30.5 Å². The van der Waals surface area contributed by atoms with Crippen LogP contribution in [-0.2, 0) is 11.3 Å². The first-order valence-corrected chi connectivity index (χ1v) is 12.4. The van der Waals surface area contributed by atoms with Crippen LogP contribution in [0.1, 0.15) is 29.3 Å². The van der Waals surface area contributed by atoms with Crippen molar-refractivity contribution < 1.29 is 4.79 Å². The molecule has 0 bridgehead atoms. The lowest BCUT2D eigenvalue weighted by Gasteiger charge is -2.31. The van der Waals surface area contributed by atoms with Gasteiger partial charge in [-0.2, -0.15) is 0 Å². The van der Waals surface area contributed by atoms with E-state index in [0.717, 1.165) is 43.1 Å². The molecule has 158 valence electrons. The average Bonchev–Trinajstić information content (AvgIpc) is 3.45. The summed E-state index contributed by atoms with van der Waals surface area (Å²) in [5.41, 5.74) is 2.31. The number of aromatic nitrogens is 3. The number of likely N-dealkylation sites (tertiary alicyclic amines) is 1. The van der Waals surface area contributed by atoms with Crippen LogP contribution >= 0.6 is 23.1 Å². The fourth-order valence-electron chi connectivity index (χ4n) is 3.99. The van der Waals surface area contributed by atoms with Crippen molar-refractivity contribution in [3.8, 4) is 0 Å². The van der Waals surface area contributed by atoms with Gasteiger partial charge < -0.3 is 9.47 Å². The number of fused-ring (bicyclic) bond motifs is 1. The van der Waals surface area contributed by atoms with E-state index >= 15 is 0 Å². The molecular weight excluding hydrogens is 424 g/mol. The highest BCUT2D eigenvalue weighted by Gasteiger charge is 2.26. The molecule has 1 saturated heterocycles. The van der Waals surface area contributed by atoms with Crippen molar-refractivity contribution in [1.82, 2.24) is 19.4 Å². The van der Waals surface area contributed by atoms with Crippen molar-refractivity contribution in [2.75, 3.05) is 18.8 Å². The Balaban J connectivity index is 1.14. The zero-order valence-corrected chi connectivity index (χ0v) is 18.8. The van der Waals surface area contributed by atoms with E-state index in [-0.39, 0.29) is 5.91 Å². The van der Waals surface area contributed by atoms with Gasteiger partial charge in [-0.1, -0.05) is 54.2 Å². The van der Waals surface area contributed by atoms with Crippen molar-refractivity contribution in [2.24, 2.45) is 0 Å². The van der Waals surface area contributed by atoms with Crippen molar-refractivity contribution in [1.29, 1.82) is 0 Å². The molecule has 31 heavy (non-hydrogen) atoms. The van der Waals surface area contributed by atoms with E-state index in [9.17, 15) is 4.79 Å². The third kappa shape index (κ3) is 4.67. The smallest absolute Gasteiger partial charge is 0.233 e. The lowest BCUT2D eigenvalue weighted by atomic mass is 9.97. The minimum absolute atomic E-state index is 0.196. The SMILES string of the molecule is O=C(CSc1nccn1Cc1ccccc1)N1CCC(c2nc3ccccc3s2)CC1. The minimum atomic E-state index is 0.196. The summed E-state index contributed by atoms with van der Waals surface area (Å²) in [6, 6.07) is 18.6. The maximum atomic E-state index is 12.8. The minimum Gasteiger partial charge on any atom is -0.342 e. The summed E-state index contributed by atoms with van der Waals surface area (Å²) < 4.78 is 3.35. The maximum Gasteiger partial charge on any atom is 0.233 e. The Morgan fingerprint density at radius 1 is 1.06 bits per heavy atom. The molecule has 0 spiro atoms. The van der Waals surface area contributed by atoms with E-state index in [1.165, 1.54) is 27.0 Å². The van der Waals surface area contributed by atoms with E-state index in [4.69, 9.17) is 4.98 Å². The summed E-state index contributed by atoms with van der Waals surface area (Å²) in [4.78, 5) is 24.1.